The number of aromatic nitrogens is 3. The van der Waals surface area contributed by atoms with Crippen molar-refractivity contribution in [1.29, 1.82) is 0 Å². The Hall–Kier alpha value is -2.86. The lowest BCUT2D eigenvalue weighted by molar-refractivity contribution is 0.106. The highest BCUT2D eigenvalue weighted by atomic mass is 16.5. The van der Waals surface area contributed by atoms with Crippen LogP contribution in [-0.4, -0.2) is 34.6 Å². The first-order chi connectivity index (χ1) is 12.2. The Morgan fingerprint density at radius 2 is 1.80 bits per heavy atom. The van der Waals surface area contributed by atoms with Crippen LogP contribution in [0.25, 0.3) is 17.1 Å². The average molecular weight is 338 g/mol. The Morgan fingerprint density at radius 1 is 1.04 bits per heavy atom. The van der Waals surface area contributed by atoms with Gasteiger partial charge in [-0.3, -0.25) is 0 Å². The van der Waals surface area contributed by atoms with E-state index in [2.05, 4.69) is 10.1 Å². The lowest BCUT2D eigenvalue weighted by Gasteiger charge is -2.08. The summed E-state index contributed by atoms with van der Waals surface area (Å²) in [5.74, 6) is 0.731. The van der Waals surface area contributed by atoms with Crippen molar-refractivity contribution in [1.82, 2.24) is 14.8 Å². The third kappa shape index (κ3) is 3.97. The van der Waals surface area contributed by atoms with Crippen LogP contribution < -0.4 is 10.5 Å². The van der Waals surface area contributed by atoms with Crippen LogP contribution in [-0.2, 0) is 4.74 Å². The van der Waals surface area contributed by atoms with Gasteiger partial charge in [0.25, 0.3) is 0 Å². The fourth-order valence-corrected chi connectivity index (χ4v) is 2.48. The van der Waals surface area contributed by atoms with E-state index in [1.54, 1.807) is 4.68 Å². The van der Waals surface area contributed by atoms with E-state index in [1.165, 1.54) is 0 Å². The standard InChI is InChI=1S/C19H22N4O2/c1-3-24-12-13-25-19-21-18(17-7-5-4-6-14(17)2)23(22-19)16-10-8-15(20)9-11-16/h4-11H,3,12-13,20H2,1-2H3. The lowest BCUT2D eigenvalue weighted by Crippen LogP contribution is -2.07. The molecule has 0 amide bonds. The Labute approximate surface area is 147 Å². The summed E-state index contributed by atoms with van der Waals surface area (Å²) in [7, 11) is 0. The zero-order chi connectivity index (χ0) is 17.6. The Bertz CT molecular complexity index is 828. The molecule has 25 heavy (non-hydrogen) atoms. The molecular weight excluding hydrogens is 316 g/mol. The maximum absolute atomic E-state index is 5.79. The topological polar surface area (TPSA) is 75.2 Å². The molecule has 1 heterocycles. The van der Waals surface area contributed by atoms with Crippen molar-refractivity contribution in [2.24, 2.45) is 0 Å². The summed E-state index contributed by atoms with van der Waals surface area (Å²) in [6, 6.07) is 15.9. The second kappa shape index (κ2) is 7.81. The molecule has 3 aromatic rings. The van der Waals surface area contributed by atoms with Crippen molar-refractivity contribution in [2.75, 3.05) is 25.6 Å². The van der Waals surface area contributed by atoms with Gasteiger partial charge in [-0.1, -0.05) is 24.3 Å². The fourth-order valence-electron chi connectivity index (χ4n) is 2.48. The molecule has 0 saturated heterocycles. The molecule has 0 unspecified atom stereocenters. The highest BCUT2D eigenvalue weighted by Gasteiger charge is 2.16. The molecule has 6 heteroatoms. The van der Waals surface area contributed by atoms with Crippen LogP contribution in [0.3, 0.4) is 0 Å². The molecule has 0 spiro atoms. The van der Waals surface area contributed by atoms with Gasteiger partial charge in [-0.05, 0) is 43.7 Å². The van der Waals surface area contributed by atoms with Crippen LogP contribution in [0.5, 0.6) is 6.01 Å². The van der Waals surface area contributed by atoms with E-state index >= 15 is 0 Å². The molecule has 0 aliphatic rings. The van der Waals surface area contributed by atoms with Gasteiger partial charge in [0.15, 0.2) is 5.82 Å². The van der Waals surface area contributed by atoms with Gasteiger partial charge >= 0.3 is 6.01 Å². The van der Waals surface area contributed by atoms with Gasteiger partial charge in [0.1, 0.15) is 6.61 Å². The highest BCUT2D eigenvalue weighted by molar-refractivity contribution is 5.63. The third-order valence-electron chi connectivity index (χ3n) is 3.77. The first-order valence-corrected chi connectivity index (χ1v) is 8.28. The summed E-state index contributed by atoms with van der Waals surface area (Å²) in [5, 5.41) is 4.51. The average Bonchev–Trinajstić information content (AvgIpc) is 3.04. The minimum Gasteiger partial charge on any atom is -0.460 e. The zero-order valence-electron chi connectivity index (χ0n) is 14.5. The van der Waals surface area contributed by atoms with Crippen molar-refractivity contribution in [3.63, 3.8) is 0 Å². The predicted octanol–water partition coefficient (Wildman–Crippen LogP) is 3.24. The molecule has 130 valence electrons. The van der Waals surface area contributed by atoms with E-state index < -0.39 is 0 Å². The zero-order valence-corrected chi connectivity index (χ0v) is 14.5. The number of nitrogens with zero attached hydrogens (tertiary/aromatic N) is 3. The Kier molecular flexibility index (Phi) is 5.30. The second-order valence-electron chi connectivity index (χ2n) is 5.58. The Balaban J connectivity index is 1.97. The molecule has 0 aliphatic carbocycles. The molecule has 0 saturated carbocycles. The third-order valence-corrected chi connectivity index (χ3v) is 3.77. The second-order valence-corrected chi connectivity index (χ2v) is 5.58. The summed E-state index contributed by atoms with van der Waals surface area (Å²) in [6.07, 6.45) is 0. The number of hydrogen-bond donors (Lipinski definition) is 1. The van der Waals surface area contributed by atoms with Crippen LogP contribution in [0.15, 0.2) is 48.5 Å². The minimum atomic E-state index is 0.329. The molecule has 0 atom stereocenters. The number of ether oxygens (including phenoxy) is 2. The quantitative estimate of drug-likeness (QED) is 0.529. The summed E-state index contributed by atoms with van der Waals surface area (Å²) >= 11 is 0. The monoisotopic (exact) mass is 338 g/mol. The number of benzene rings is 2. The smallest absolute Gasteiger partial charge is 0.336 e. The molecule has 1 aromatic heterocycles. The van der Waals surface area contributed by atoms with Gasteiger partial charge in [-0.25, -0.2) is 4.68 Å². The largest absolute Gasteiger partial charge is 0.460 e. The summed E-state index contributed by atoms with van der Waals surface area (Å²) < 4.78 is 12.7. The van der Waals surface area contributed by atoms with E-state index in [9.17, 15) is 0 Å². The molecule has 2 aromatic carbocycles. The number of nitrogen functional groups attached to an aromatic ring is 1. The number of rotatable bonds is 7. The number of nitrogens with two attached hydrogens (primary N) is 1. The molecule has 0 radical (unpaired) electrons. The van der Waals surface area contributed by atoms with Gasteiger partial charge in [0.05, 0.1) is 12.3 Å². The van der Waals surface area contributed by atoms with Gasteiger partial charge in [-0.15, -0.1) is 5.10 Å². The lowest BCUT2D eigenvalue weighted by atomic mass is 10.1. The maximum atomic E-state index is 5.79. The molecule has 0 bridgehead atoms. The predicted molar refractivity (Wildman–Crippen MR) is 97.9 cm³/mol. The first-order valence-electron chi connectivity index (χ1n) is 8.28. The summed E-state index contributed by atoms with van der Waals surface area (Å²) in [4.78, 5) is 4.58. The van der Waals surface area contributed by atoms with Crippen molar-refractivity contribution in [3.8, 4) is 23.1 Å². The molecule has 2 N–H and O–H groups in total. The van der Waals surface area contributed by atoms with Gasteiger partial charge in [-0.2, -0.15) is 4.98 Å². The van der Waals surface area contributed by atoms with Gasteiger partial charge in [0, 0.05) is 17.9 Å². The van der Waals surface area contributed by atoms with E-state index in [0.717, 1.165) is 22.6 Å². The van der Waals surface area contributed by atoms with E-state index in [0.29, 0.717) is 31.5 Å². The maximum Gasteiger partial charge on any atom is 0.336 e. The van der Waals surface area contributed by atoms with E-state index in [4.69, 9.17) is 15.2 Å². The fraction of sp³-hybridized carbons (Fsp3) is 0.263. The van der Waals surface area contributed by atoms with Crippen LogP contribution in [0.2, 0.25) is 0 Å². The highest BCUT2D eigenvalue weighted by Crippen LogP contribution is 2.26. The summed E-state index contributed by atoms with van der Waals surface area (Å²) in [6.45, 7) is 5.57. The first kappa shape index (κ1) is 17.0. The summed E-state index contributed by atoms with van der Waals surface area (Å²) in [5.41, 5.74) is 9.50. The number of anilines is 1. The van der Waals surface area contributed by atoms with Gasteiger partial charge < -0.3 is 15.2 Å². The molecule has 0 fully saturated rings. The van der Waals surface area contributed by atoms with Crippen molar-refractivity contribution < 1.29 is 9.47 Å². The molecule has 3 rings (SSSR count). The number of hydrogen-bond acceptors (Lipinski definition) is 5. The molecule has 6 nitrogen and oxygen atoms in total. The van der Waals surface area contributed by atoms with Crippen LogP contribution >= 0.6 is 0 Å². The van der Waals surface area contributed by atoms with E-state index in [-0.39, 0.29) is 0 Å². The van der Waals surface area contributed by atoms with Crippen molar-refractivity contribution in [3.05, 3.63) is 54.1 Å². The van der Waals surface area contributed by atoms with Crippen molar-refractivity contribution >= 4 is 5.69 Å². The van der Waals surface area contributed by atoms with Gasteiger partial charge in [0.2, 0.25) is 0 Å². The van der Waals surface area contributed by atoms with Crippen LogP contribution in [0, 0.1) is 6.92 Å². The molecular formula is C19H22N4O2. The van der Waals surface area contributed by atoms with Crippen LogP contribution in [0.1, 0.15) is 12.5 Å². The number of aryl methyl sites for hydroxylation is 1. The minimum absolute atomic E-state index is 0.329. The SMILES string of the molecule is CCOCCOc1nc(-c2ccccc2C)n(-c2ccc(N)cc2)n1. The molecule has 0 aliphatic heterocycles. The van der Waals surface area contributed by atoms with Crippen LogP contribution in [0.4, 0.5) is 5.69 Å². The normalized spacial score (nSPS) is 10.8. The van der Waals surface area contributed by atoms with E-state index in [1.807, 2.05) is 62.4 Å². The Morgan fingerprint density at radius 3 is 2.52 bits per heavy atom. The van der Waals surface area contributed by atoms with Crippen molar-refractivity contribution in [2.45, 2.75) is 13.8 Å².